The van der Waals surface area contributed by atoms with Crippen molar-refractivity contribution in [3.8, 4) is 17.2 Å². The van der Waals surface area contributed by atoms with Crippen LogP contribution in [-0.2, 0) is 29.0 Å². The fourth-order valence-electron chi connectivity index (χ4n) is 7.66. The highest BCUT2D eigenvalue weighted by Crippen LogP contribution is 2.43. The molecule has 0 spiro atoms. The predicted molar refractivity (Wildman–Crippen MR) is 197 cm³/mol. The molecule has 2 aromatic carbocycles. The molecule has 2 atom stereocenters. The summed E-state index contributed by atoms with van der Waals surface area (Å²) >= 11 is 0. The average molecular weight is 679 g/mol. The maximum atomic E-state index is 14.3. The van der Waals surface area contributed by atoms with Crippen LogP contribution in [0.15, 0.2) is 72.6 Å². The van der Waals surface area contributed by atoms with E-state index < -0.39 is 5.92 Å². The molecule has 1 fully saturated rings. The van der Waals surface area contributed by atoms with Crippen LogP contribution in [0, 0.1) is 5.92 Å². The monoisotopic (exact) mass is 678 g/mol. The Bertz CT molecular complexity index is 1770. The van der Waals surface area contributed by atoms with Crippen LogP contribution in [0.25, 0.3) is 6.08 Å². The van der Waals surface area contributed by atoms with Crippen molar-refractivity contribution in [2.75, 3.05) is 18.9 Å². The molecule has 0 radical (unpaired) electrons. The van der Waals surface area contributed by atoms with Gasteiger partial charge in [0.05, 0.1) is 12.5 Å². The minimum atomic E-state index is -0.423. The van der Waals surface area contributed by atoms with E-state index in [0.717, 1.165) is 90.7 Å². The molecule has 6 rings (SSSR count). The number of aromatic amines is 2. The number of phenols is 2. The molecule has 264 valence electrons. The van der Waals surface area contributed by atoms with Crippen LogP contribution in [0.3, 0.4) is 0 Å². The van der Waals surface area contributed by atoms with Gasteiger partial charge in [-0.1, -0.05) is 24.6 Å². The molecule has 6 N–H and O–H groups in total. The molecule has 0 unspecified atom stereocenters. The van der Waals surface area contributed by atoms with Crippen LogP contribution < -0.4 is 15.4 Å². The second-order valence-corrected chi connectivity index (χ2v) is 13.8. The lowest BCUT2D eigenvalue weighted by Crippen LogP contribution is -2.31. The first-order valence-electron chi connectivity index (χ1n) is 18.1. The van der Waals surface area contributed by atoms with Gasteiger partial charge in [0.15, 0.2) is 11.5 Å². The van der Waals surface area contributed by atoms with E-state index in [-0.39, 0.29) is 47.9 Å². The van der Waals surface area contributed by atoms with Crippen molar-refractivity contribution in [2.24, 2.45) is 5.92 Å². The number of unbranched alkanes of at least 4 members (excludes halogenated alkanes) is 1. The molecule has 50 heavy (non-hydrogen) atoms. The van der Waals surface area contributed by atoms with Gasteiger partial charge < -0.3 is 35.6 Å². The second-order valence-electron chi connectivity index (χ2n) is 13.8. The van der Waals surface area contributed by atoms with Gasteiger partial charge in [-0.15, -0.1) is 0 Å². The molecule has 0 bridgehead atoms. The van der Waals surface area contributed by atoms with Crippen LogP contribution >= 0.6 is 0 Å². The van der Waals surface area contributed by atoms with Crippen LogP contribution in [-0.4, -0.2) is 51.4 Å². The van der Waals surface area contributed by atoms with Crippen molar-refractivity contribution in [3.05, 3.63) is 101 Å². The summed E-state index contributed by atoms with van der Waals surface area (Å²) in [6, 6.07) is 17.1. The average Bonchev–Trinajstić information content (AvgIpc) is 3.91. The largest absolute Gasteiger partial charge is 0.508 e. The van der Waals surface area contributed by atoms with Gasteiger partial charge in [0.1, 0.15) is 23.1 Å². The summed E-state index contributed by atoms with van der Waals surface area (Å²) in [7, 11) is 1.83. The Hall–Kier alpha value is -4.76. The van der Waals surface area contributed by atoms with E-state index in [1.807, 2.05) is 55.8 Å². The summed E-state index contributed by atoms with van der Waals surface area (Å²) in [4.78, 5) is 34.3. The van der Waals surface area contributed by atoms with E-state index in [1.54, 1.807) is 12.1 Å². The smallest absolute Gasteiger partial charge is 0.162 e. The third-order valence-electron chi connectivity index (χ3n) is 10.2. The number of aromatic hydroxyl groups is 2. The predicted octanol–water partition coefficient (Wildman–Crippen LogP) is 7.58. The minimum absolute atomic E-state index is 0.0498. The number of ketones is 2. The van der Waals surface area contributed by atoms with Gasteiger partial charge in [-0.2, -0.15) is 0 Å². The number of carbonyl (C=O) groups is 2. The molecule has 0 aliphatic heterocycles. The number of hydrogen-bond acceptors (Lipinski definition) is 7. The Morgan fingerprint density at radius 2 is 1.78 bits per heavy atom. The van der Waals surface area contributed by atoms with Crippen molar-refractivity contribution in [1.29, 1.82) is 0 Å². The number of aromatic nitrogens is 2. The van der Waals surface area contributed by atoms with E-state index in [0.29, 0.717) is 25.3 Å². The Morgan fingerprint density at radius 1 is 0.920 bits per heavy atom. The summed E-state index contributed by atoms with van der Waals surface area (Å²) in [5, 5.41) is 27.3. The zero-order valence-electron chi connectivity index (χ0n) is 29.0. The third kappa shape index (κ3) is 8.87. The molecule has 2 aliphatic carbocycles. The van der Waals surface area contributed by atoms with Gasteiger partial charge in [-0.25, -0.2) is 0 Å². The Labute approximate surface area is 294 Å². The summed E-state index contributed by atoms with van der Waals surface area (Å²) in [6.07, 6.45) is 14.2. The molecule has 4 aromatic rings. The molecule has 2 aliphatic rings. The lowest BCUT2D eigenvalue weighted by atomic mass is 9.71. The minimum Gasteiger partial charge on any atom is -0.508 e. The first kappa shape index (κ1) is 35.1. The molecule has 0 amide bonds. The second kappa shape index (κ2) is 16.8. The van der Waals surface area contributed by atoms with E-state index >= 15 is 0 Å². The van der Waals surface area contributed by atoms with Crippen molar-refractivity contribution in [3.63, 3.8) is 0 Å². The number of carbonyl (C=O) groups excluding carboxylic acids is 2. The number of ether oxygens (including phenoxy) is 1. The van der Waals surface area contributed by atoms with Gasteiger partial charge in [0.2, 0.25) is 0 Å². The van der Waals surface area contributed by atoms with Crippen LogP contribution in [0.5, 0.6) is 17.2 Å². The number of rotatable bonds is 18. The van der Waals surface area contributed by atoms with Crippen molar-refractivity contribution in [2.45, 2.75) is 89.2 Å². The van der Waals surface area contributed by atoms with Gasteiger partial charge in [0.25, 0.3) is 0 Å². The quantitative estimate of drug-likeness (QED) is 0.0471. The number of benzene rings is 2. The molecule has 2 heterocycles. The summed E-state index contributed by atoms with van der Waals surface area (Å²) in [5.41, 5.74) is 5.84. The Balaban J connectivity index is 1.15. The van der Waals surface area contributed by atoms with Crippen molar-refractivity contribution in [1.82, 2.24) is 15.3 Å². The van der Waals surface area contributed by atoms with Gasteiger partial charge in [0, 0.05) is 49.1 Å². The van der Waals surface area contributed by atoms with Crippen LogP contribution in [0.1, 0.15) is 91.7 Å². The summed E-state index contributed by atoms with van der Waals surface area (Å²) in [5.74, 6) is 1.16. The summed E-state index contributed by atoms with van der Waals surface area (Å²) in [6.45, 7) is 0.964. The van der Waals surface area contributed by atoms with Gasteiger partial charge >= 0.3 is 0 Å². The molecule has 9 nitrogen and oxygen atoms in total. The highest BCUT2D eigenvalue weighted by Gasteiger charge is 2.37. The fraction of sp³-hybridized carbons (Fsp3) is 0.415. The molecule has 0 saturated heterocycles. The molecule has 1 saturated carbocycles. The number of anilines is 1. The highest BCUT2D eigenvalue weighted by molar-refractivity contribution is 6.02. The number of phenolic OH excluding ortho intramolecular Hbond substituents is 2. The van der Waals surface area contributed by atoms with E-state index in [1.165, 1.54) is 0 Å². The lowest BCUT2D eigenvalue weighted by Gasteiger charge is -2.32. The van der Waals surface area contributed by atoms with E-state index in [9.17, 15) is 19.8 Å². The third-order valence-corrected chi connectivity index (χ3v) is 10.2. The number of Topliss-reactive ketones (excluding diaryl/α,β-unsaturated/α-hetero) is 2. The number of fused-ring (bicyclic) bond motifs is 1. The number of H-pyrrole nitrogens is 2. The summed E-state index contributed by atoms with van der Waals surface area (Å²) < 4.78 is 6.21. The molecule has 9 heteroatoms. The maximum absolute atomic E-state index is 14.3. The number of aryl methyl sites for hydroxylation is 2. The van der Waals surface area contributed by atoms with Gasteiger partial charge in [-0.3, -0.25) is 9.59 Å². The normalized spacial score (nSPS) is 17.3. The molecule has 2 aromatic heterocycles. The lowest BCUT2D eigenvalue weighted by molar-refractivity contribution is -0.129. The standard InChI is InChI=1S/C41H50N4O5/c1-42-25-30-20-28(22-38(41(30)49)50-33-11-3-4-12-33)15-16-32(47)24-37(48)40-29(26-45-39-14-7-18-44-39)23-36-34(17-19-43-36)35(40)13-5-2-8-27-9-6-10-31(46)21-27/h6-7,9-10,14,17-23,33,35,40,42-46,49H,2-5,8,11-13,15-16,24-26H2,1H3/t35-,40-/m0/s1. The van der Waals surface area contributed by atoms with Gasteiger partial charge in [-0.05, 0) is 129 Å². The number of hydrogen-bond donors (Lipinski definition) is 6. The first-order chi connectivity index (χ1) is 24.4. The Kier molecular flexibility index (Phi) is 11.8. The van der Waals surface area contributed by atoms with E-state index in [2.05, 4.69) is 32.7 Å². The van der Waals surface area contributed by atoms with Crippen molar-refractivity contribution < 1.29 is 24.5 Å². The maximum Gasteiger partial charge on any atom is 0.162 e. The topological polar surface area (TPSA) is 139 Å². The molecular formula is C41H50N4O5. The zero-order chi connectivity index (χ0) is 34.9. The van der Waals surface area contributed by atoms with E-state index in [4.69, 9.17) is 4.74 Å². The highest BCUT2D eigenvalue weighted by atomic mass is 16.5. The van der Waals surface area contributed by atoms with Crippen LogP contribution in [0.2, 0.25) is 0 Å². The Morgan fingerprint density at radius 3 is 2.56 bits per heavy atom. The van der Waals surface area contributed by atoms with Crippen LogP contribution in [0.4, 0.5) is 5.82 Å². The fourth-order valence-corrected chi connectivity index (χ4v) is 7.66. The van der Waals surface area contributed by atoms with Crippen molar-refractivity contribution >= 4 is 23.5 Å². The molecular weight excluding hydrogens is 628 g/mol. The first-order valence-corrected chi connectivity index (χ1v) is 18.1. The SMILES string of the molecule is CNCc1cc(CCC(=O)CC(=O)[C@H]2C(CNc3ccc[nH]3)=Cc3[nH]ccc3[C@@H]2CCCCc2cccc(O)c2)cc(OC2CCCC2)c1O. The number of nitrogens with one attached hydrogen (secondary N) is 4. The zero-order valence-corrected chi connectivity index (χ0v) is 29.0.